The summed E-state index contributed by atoms with van der Waals surface area (Å²) in [4.78, 5) is 10.9. The van der Waals surface area contributed by atoms with Crippen LogP contribution in [0.15, 0.2) is 328 Å². The Hall–Kier alpha value is -17.8. The maximum atomic E-state index is 15.3. The summed E-state index contributed by atoms with van der Waals surface area (Å²) in [6.45, 7) is 23.9. The Balaban J connectivity index is 0.000000163. The number of nitriles is 5. The minimum absolute atomic E-state index is 0.102. The maximum Gasteiger partial charge on any atom is 0.415 e. The van der Waals surface area contributed by atoms with Gasteiger partial charge in [-0.05, 0) is 183 Å². The van der Waals surface area contributed by atoms with Crippen molar-refractivity contribution in [2.45, 2.75) is 12.4 Å². The van der Waals surface area contributed by atoms with Gasteiger partial charge in [-0.1, -0.05) is 200 Å². The molecule has 0 atom stereocenters. The van der Waals surface area contributed by atoms with Crippen LogP contribution >= 0.6 is 0 Å². The number of benzene rings is 16. The molecule has 580 valence electrons. The van der Waals surface area contributed by atoms with Gasteiger partial charge in [0.15, 0.2) is 17.1 Å². The summed E-state index contributed by atoms with van der Waals surface area (Å²) in [5.74, 6) is 0. The molecule has 0 aliphatic heterocycles. The van der Waals surface area contributed by atoms with Gasteiger partial charge in [0.25, 0.3) is 0 Å². The molecule has 0 amide bonds. The quantitative estimate of drug-likeness (QED) is 0.0986. The smallest absolute Gasteiger partial charge is 0.309 e. The Morgan fingerprint density at radius 3 is 0.919 bits per heavy atom. The molecule has 0 bridgehead atoms. The van der Waals surface area contributed by atoms with Crippen molar-refractivity contribution in [1.29, 1.82) is 26.3 Å². The van der Waals surface area contributed by atoms with Gasteiger partial charge < -0.3 is 18.3 Å². The first kappa shape index (κ1) is 76.2. The van der Waals surface area contributed by atoms with Gasteiger partial charge in [0.05, 0.1) is 144 Å². The molecular weight excluding hydrogens is 1560 g/mol. The van der Waals surface area contributed by atoms with Gasteiger partial charge in [-0.3, -0.25) is 0 Å². The van der Waals surface area contributed by atoms with Gasteiger partial charge in [0.1, 0.15) is 12.1 Å². The first-order chi connectivity index (χ1) is 60.4. The standard InChI is InChI=1S/2C53H27F3N6/c1-59-38-13-8-12-34(25-38)36-21-23-42-40-15-4-6-19-47(40)62(50(42)27-36)51-28-37(31-58)48(29-43(51)52-44(53(54,55)56)16-9-17-45(52)60-2)61-46-18-5-3-14-39(46)41-22-20-35(26-49(41)61)33-11-7-10-32(24-33)30-57;1-60-45-16-8-15-44(53(54,55)56)52(45)43-28-50(61-46-17-4-2-13-39(46)41-25-36(19-21-48(41)61)34-11-6-9-32(23-34)29-57)38(31-59)27-51(43)62-47-18-5-3-14-40(47)42-26-37(20-22-49(42)62)35-12-7-10-33(24-35)30-58/h3-29H;2-28H. The van der Waals surface area contributed by atoms with E-state index in [0.717, 1.165) is 111 Å². The fourth-order valence-corrected chi connectivity index (χ4v) is 17.5. The molecule has 0 N–H and O–H groups in total. The molecule has 0 spiro atoms. The van der Waals surface area contributed by atoms with E-state index in [9.17, 15) is 26.3 Å². The first-order valence-electron chi connectivity index (χ1n) is 38.9. The number of hydrogen-bond donors (Lipinski definition) is 0. The van der Waals surface area contributed by atoms with Crippen molar-refractivity contribution in [2.75, 3.05) is 0 Å². The molecule has 20 rings (SSSR count). The van der Waals surface area contributed by atoms with Crippen LogP contribution in [-0.4, -0.2) is 18.3 Å². The van der Waals surface area contributed by atoms with E-state index >= 15 is 26.3 Å². The van der Waals surface area contributed by atoms with Crippen LogP contribution in [-0.2, 0) is 12.4 Å². The van der Waals surface area contributed by atoms with E-state index in [1.54, 1.807) is 72.8 Å². The topological polar surface area (TPSA) is 152 Å². The highest BCUT2D eigenvalue weighted by Crippen LogP contribution is 2.52. The average molecular weight is 1610 g/mol. The molecule has 16 aromatic carbocycles. The molecule has 0 saturated carbocycles. The normalized spacial score (nSPS) is 11.4. The van der Waals surface area contributed by atoms with Crippen molar-refractivity contribution in [3.63, 3.8) is 0 Å². The zero-order valence-corrected chi connectivity index (χ0v) is 64.8. The molecule has 12 nitrogen and oxygen atoms in total. The number of nitrogens with zero attached hydrogens (tertiary/aromatic N) is 12. The molecule has 0 aliphatic rings. The highest BCUT2D eigenvalue weighted by Gasteiger charge is 2.38. The Bertz CT molecular complexity index is 8360. The molecular formula is C106H54F6N12. The molecule has 124 heavy (non-hydrogen) atoms. The van der Waals surface area contributed by atoms with Crippen LogP contribution in [0.25, 0.3) is 191 Å². The van der Waals surface area contributed by atoms with E-state index in [4.69, 9.17) is 19.7 Å². The second kappa shape index (κ2) is 30.3. The van der Waals surface area contributed by atoms with Crippen LogP contribution in [0.1, 0.15) is 38.9 Å². The third-order valence-electron chi connectivity index (χ3n) is 22.9. The molecule has 0 saturated heterocycles. The van der Waals surface area contributed by atoms with Crippen molar-refractivity contribution in [3.8, 4) is 120 Å². The molecule has 0 radical (unpaired) electrons. The number of alkyl halides is 6. The molecule has 0 unspecified atom stereocenters. The summed E-state index contributed by atoms with van der Waals surface area (Å²) in [5, 5.41) is 57.7. The first-order valence-corrected chi connectivity index (χ1v) is 38.9. The molecule has 20 aromatic rings. The van der Waals surface area contributed by atoms with Crippen LogP contribution in [0.3, 0.4) is 0 Å². The lowest BCUT2D eigenvalue weighted by molar-refractivity contribution is -0.137. The molecule has 0 fully saturated rings. The molecule has 18 heteroatoms. The summed E-state index contributed by atoms with van der Waals surface area (Å²) < 4.78 is 99.2. The summed E-state index contributed by atoms with van der Waals surface area (Å²) in [5.41, 5.74) is 12.9. The van der Waals surface area contributed by atoms with Gasteiger partial charge >= 0.3 is 12.4 Å². The second-order valence-corrected chi connectivity index (χ2v) is 29.7. The minimum atomic E-state index is -4.84. The van der Waals surface area contributed by atoms with Crippen molar-refractivity contribution >= 4 is 104 Å². The third kappa shape index (κ3) is 12.8. The summed E-state index contributed by atoms with van der Waals surface area (Å²) in [7, 11) is 0. The summed E-state index contributed by atoms with van der Waals surface area (Å²) >= 11 is 0. The van der Waals surface area contributed by atoms with Crippen LogP contribution < -0.4 is 0 Å². The predicted octanol–water partition coefficient (Wildman–Crippen LogP) is 28.8. The highest BCUT2D eigenvalue weighted by molar-refractivity contribution is 6.16. The highest BCUT2D eigenvalue weighted by atomic mass is 19.4. The number of para-hydroxylation sites is 4. The van der Waals surface area contributed by atoms with E-state index in [0.29, 0.717) is 66.9 Å². The SMILES string of the molecule is [C-]#[N+]c1cccc(-c2ccc3c4ccccc4n(-c4cc(C#N)c(-n5c6ccccc6c6ccc(-c7cccc(C#N)c7)cc65)cc4-c4c([N+]#[C-])cccc4C(F)(F)F)c3c2)c1.[C-]#[N+]c1cccc(C(F)(F)F)c1-c1cc(-n2c3ccccc3c3cc(-c4cccc(C#N)c4)ccc32)c(C#N)cc1-n1c2ccccc2c2cc(-c3cccc(C#N)c3)ccc21. The zero-order valence-electron chi connectivity index (χ0n) is 64.8. The van der Waals surface area contributed by atoms with Crippen molar-refractivity contribution in [3.05, 3.63) is 401 Å². The Labute approximate surface area is 704 Å². The predicted molar refractivity (Wildman–Crippen MR) is 475 cm³/mol. The third-order valence-corrected chi connectivity index (χ3v) is 22.9. The molecule has 4 heterocycles. The van der Waals surface area contributed by atoms with Gasteiger partial charge in [-0.2, -0.15) is 52.7 Å². The van der Waals surface area contributed by atoms with Crippen LogP contribution in [0, 0.1) is 76.4 Å². The van der Waals surface area contributed by atoms with Crippen molar-refractivity contribution in [2.24, 2.45) is 0 Å². The van der Waals surface area contributed by atoms with E-state index in [1.165, 1.54) is 24.3 Å². The van der Waals surface area contributed by atoms with Gasteiger partial charge in [0, 0.05) is 54.2 Å². The van der Waals surface area contributed by atoms with E-state index in [-0.39, 0.29) is 56.1 Å². The Morgan fingerprint density at radius 1 is 0.242 bits per heavy atom. The van der Waals surface area contributed by atoms with Crippen LogP contribution in [0.4, 0.5) is 43.4 Å². The average Bonchev–Trinajstić information content (AvgIpc) is 1.55. The zero-order chi connectivity index (χ0) is 85.4. The van der Waals surface area contributed by atoms with Crippen molar-refractivity contribution < 1.29 is 26.3 Å². The van der Waals surface area contributed by atoms with Gasteiger partial charge in [0.2, 0.25) is 0 Å². The van der Waals surface area contributed by atoms with Crippen molar-refractivity contribution in [1.82, 2.24) is 18.3 Å². The fraction of sp³-hybridized carbons (Fsp3) is 0.0189. The lowest BCUT2D eigenvalue weighted by Gasteiger charge is -2.22. The fourth-order valence-electron chi connectivity index (χ4n) is 17.5. The van der Waals surface area contributed by atoms with E-state index in [1.807, 2.05) is 237 Å². The largest absolute Gasteiger partial charge is 0.415 e. The second-order valence-electron chi connectivity index (χ2n) is 29.7. The van der Waals surface area contributed by atoms with E-state index < -0.39 is 23.5 Å². The number of halogens is 6. The van der Waals surface area contributed by atoms with Gasteiger partial charge in [-0.15, -0.1) is 0 Å². The lowest BCUT2D eigenvalue weighted by atomic mass is 9.93. The Kier molecular flexibility index (Phi) is 18.6. The number of fused-ring (bicyclic) bond motifs is 12. The number of hydrogen-bond acceptors (Lipinski definition) is 5. The maximum absolute atomic E-state index is 15.3. The lowest BCUT2D eigenvalue weighted by Crippen LogP contribution is -2.10. The summed E-state index contributed by atoms with van der Waals surface area (Å²) in [6.07, 6.45) is -9.68. The van der Waals surface area contributed by atoms with Crippen LogP contribution in [0.5, 0.6) is 0 Å². The molecule has 4 aromatic heterocycles. The van der Waals surface area contributed by atoms with Gasteiger partial charge in [-0.25, -0.2) is 14.5 Å². The summed E-state index contributed by atoms with van der Waals surface area (Å²) in [6, 6.07) is 108. The number of rotatable bonds is 10. The number of aromatic nitrogens is 4. The Morgan fingerprint density at radius 2 is 0.548 bits per heavy atom. The molecule has 0 aliphatic carbocycles. The van der Waals surface area contributed by atoms with E-state index in [2.05, 4.69) is 44.9 Å². The van der Waals surface area contributed by atoms with Crippen LogP contribution in [0.2, 0.25) is 0 Å². The monoisotopic (exact) mass is 1610 g/mol. The minimum Gasteiger partial charge on any atom is -0.309 e.